The van der Waals surface area contributed by atoms with Gasteiger partial charge < -0.3 is 10.1 Å². The van der Waals surface area contributed by atoms with Gasteiger partial charge in [-0.15, -0.1) is 11.3 Å². The van der Waals surface area contributed by atoms with Gasteiger partial charge in [0.05, 0.1) is 7.11 Å². The Bertz CT molecular complexity index is 437. The lowest BCUT2D eigenvalue weighted by Gasteiger charge is -2.26. The first-order valence-electron chi connectivity index (χ1n) is 6.89. The van der Waals surface area contributed by atoms with Crippen LogP contribution in [0.4, 0.5) is 5.13 Å². The molecule has 1 fully saturated rings. The molecule has 1 N–H and O–H groups in total. The predicted molar refractivity (Wildman–Crippen MR) is 77.8 cm³/mol. The first kappa shape index (κ1) is 14.3. The lowest BCUT2D eigenvalue weighted by atomic mass is 9.83. The van der Waals surface area contributed by atoms with Crippen LogP contribution in [0.15, 0.2) is 0 Å². The standard InChI is InChI=1S/C14H22N2O2S/c1-9-4-6-11(7-5-9)8-15-14-16-12(10(2)19-14)13(17)18-3/h9,11H,4-8H2,1-3H3,(H,15,16). The predicted octanol–water partition coefficient (Wildman–Crippen LogP) is 3.48. The highest BCUT2D eigenvalue weighted by molar-refractivity contribution is 7.15. The van der Waals surface area contributed by atoms with Gasteiger partial charge in [-0.05, 0) is 31.6 Å². The van der Waals surface area contributed by atoms with E-state index in [1.165, 1.54) is 44.1 Å². The van der Waals surface area contributed by atoms with Crippen LogP contribution >= 0.6 is 11.3 Å². The number of hydrogen-bond acceptors (Lipinski definition) is 5. The van der Waals surface area contributed by atoms with Gasteiger partial charge in [-0.3, -0.25) is 0 Å². The second-order valence-electron chi connectivity index (χ2n) is 5.42. The zero-order chi connectivity index (χ0) is 13.8. The highest BCUT2D eigenvalue weighted by atomic mass is 32.1. The van der Waals surface area contributed by atoms with Crippen molar-refractivity contribution in [2.75, 3.05) is 19.0 Å². The summed E-state index contributed by atoms with van der Waals surface area (Å²) in [4.78, 5) is 16.7. The maximum atomic E-state index is 11.5. The molecule has 0 unspecified atom stereocenters. The average Bonchev–Trinajstić information content (AvgIpc) is 2.78. The van der Waals surface area contributed by atoms with Gasteiger partial charge in [0.15, 0.2) is 10.8 Å². The molecular formula is C14H22N2O2S. The summed E-state index contributed by atoms with van der Waals surface area (Å²) in [5.74, 6) is 1.26. The summed E-state index contributed by atoms with van der Waals surface area (Å²) < 4.78 is 4.71. The van der Waals surface area contributed by atoms with Crippen LogP contribution in [0.2, 0.25) is 0 Å². The molecule has 0 aromatic carbocycles. The van der Waals surface area contributed by atoms with E-state index >= 15 is 0 Å². The van der Waals surface area contributed by atoms with Crippen molar-refractivity contribution in [1.82, 2.24) is 4.98 Å². The zero-order valence-electron chi connectivity index (χ0n) is 11.9. The van der Waals surface area contributed by atoms with Crippen molar-refractivity contribution in [2.24, 2.45) is 11.8 Å². The number of carbonyl (C=O) groups is 1. The van der Waals surface area contributed by atoms with E-state index in [2.05, 4.69) is 17.2 Å². The van der Waals surface area contributed by atoms with E-state index in [0.717, 1.165) is 28.4 Å². The lowest BCUT2D eigenvalue weighted by molar-refractivity contribution is 0.0594. The third-order valence-corrected chi connectivity index (χ3v) is 4.78. The van der Waals surface area contributed by atoms with Crippen LogP contribution in [0.25, 0.3) is 0 Å². The molecule has 0 saturated heterocycles. The van der Waals surface area contributed by atoms with Crippen molar-refractivity contribution < 1.29 is 9.53 Å². The van der Waals surface area contributed by atoms with Crippen molar-refractivity contribution in [3.8, 4) is 0 Å². The quantitative estimate of drug-likeness (QED) is 0.859. The zero-order valence-corrected chi connectivity index (χ0v) is 12.7. The molecule has 0 aliphatic heterocycles. The van der Waals surface area contributed by atoms with E-state index in [1.807, 2.05) is 6.92 Å². The van der Waals surface area contributed by atoms with Gasteiger partial charge in [-0.1, -0.05) is 19.8 Å². The minimum Gasteiger partial charge on any atom is -0.464 e. The number of methoxy groups -OCH3 is 1. The van der Waals surface area contributed by atoms with Gasteiger partial charge in [0.2, 0.25) is 0 Å². The summed E-state index contributed by atoms with van der Waals surface area (Å²) in [5, 5.41) is 4.20. The van der Waals surface area contributed by atoms with E-state index < -0.39 is 0 Å². The number of hydrogen-bond donors (Lipinski definition) is 1. The fourth-order valence-corrected chi connectivity index (χ4v) is 3.33. The normalized spacial score (nSPS) is 23.1. The summed E-state index contributed by atoms with van der Waals surface area (Å²) >= 11 is 1.52. The van der Waals surface area contributed by atoms with Crippen molar-refractivity contribution in [1.29, 1.82) is 0 Å². The number of aryl methyl sites for hydroxylation is 1. The summed E-state index contributed by atoms with van der Waals surface area (Å²) in [7, 11) is 1.39. The van der Waals surface area contributed by atoms with Gasteiger partial charge in [0.1, 0.15) is 0 Å². The second kappa shape index (κ2) is 6.37. The maximum absolute atomic E-state index is 11.5. The molecule has 0 atom stereocenters. The average molecular weight is 282 g/mol. The SMILES string of the molecule is COC(=O)c1nc(NCC2CCC(C)CC2)sc1C. The highest BCUT2D eigenvalue weighted by Gasteiger charge is 2.19. The highest BCUT2D eigenvalue weighted by Crippen LogP contribution is 2.29. The molecule has 0 amide bonds. The number of anilines is 1. The number of nitrogens with zero attached hydrogens (tertiary/aromatic N) is 1. The molecule has 106 valence electrons. The molecule has 5 heteroatoms. The van der Waals surface area contributed by atoms with Crippen LogP contribution in [-0.2, 0) is 4.74 Å². The van der Waals surface area contributed by atoms with Crippen molar-refractivity contribution in [3.63, 3.8) is 0 Å². The number of thiazole rings is 1. The third-order valence-electron chi connectivity index (χ3n) is 3.85. The number of rotatable bonds is 4. The van der Waals surface area contributed by atoms with Crippen LogP contribution in [0.1, 0.15) is 48.0 Å². The van der Waals surface area contributed by atoms with E-state index in [-0.39, 0.29) is 5.97 Å². The topological polar surface area (TPSA) is 51.2 Å². The summed E-state index contributed by atoms with van der Waals surface area (Å²) in [6.07, 6.45) is 5.25. The molecule has 2 rings (SSSR count). The van der Waals surface area contributed by atoms with Gasteiger partial charge >= 0.3 is 5.97 Å². The third kappa shape index (κ3) is 3.69. The van der Waals surface area contributed by atoms with Crippen molar-refractivity contribution >= 4 is 22.4 Å². The second-order valence-corrected chi connectivity index (χ2v) is 6.63. The number of nitrogens with one attached hydrogen (secondary N) is 1. The molecule has 4 nitrogen and oxygen atoms in total. The van der Waals surface area contributed by atoms with Crippen LogP contribution in [0, 0.1) is 18.8 Å². The van der Waals surface area contributed by atoms with Crippen LogP contribution in [0.5, 0.6) is 0 Å². The Morgan fingerprint density at radius 3 is 2.74 bits per heavy atom. The number of carbonyl (C=O) groups excluding carboxylic acids is 1. The molecule has 1 heterocycles. The number of aromatic nitrogens is 1. The van der Waals surface area contributed by atoms with Crippen LogP contribution in [-0.4, -0.2) is 24.6 Å². The Balaban J connectivity index is 1.88. The molecule has 1 aromatic rings. The molecule has 0 radical (unpaired) electrons. The first-order chi connectivity index (χ1) is 9.10. The number of ether oxygens (including phenoxy) is 1. The van der Waals surface area contributed by atoms with Gasteiger partial charge in [-0.25, -0.2) is 9.78 Å². The van der Waals surface area contributed by atoms with E-state index in [0.29, 0.717) is 5.69 Å². The molecule has 1 aromatic heterocycles. The Morgan fingerprint density at radius 1 is 1.42 bits per heavy atom. The monoisotopic (exact) mass is 282 g/mol. The molecule has 19 heavy (non-hydrogen) atoms. The van der Waals surface area contributed by atoms with E-state index in [1.54, 1.807) is 0 Å². The molecule has 0 spiro atoms. The minimum absolute atomic E-state index is 0.353. The summed E-state index contributed by atoms with van der Waals surface area (Å²) in [6.45, 7) is 5.19. The largest absolute Gasteiger partial charge is 0.464 e. The lowest BCUT2D eigenvalue weighted by Crippen LogP contribution is -2.20. The molecule has 1 aliphatic rings. The minimum atomic E-state index is -0.353. The fourth-order valence-electron chi connectivity index (χ4n) is 2.52. The Hall–Kier alpha value is -1.10. The van der Waals surface area contributed by atoms with Crippen LogP contribution < -0.4 is 5.32 Å². The van der Waals surface area contributed by atoms with Gasteiger partial charge in [0.25, 0.3) is 0 Å². The van der Waals surface area contributed by atoms with Gasteiger partial charge in [-0.2, -0.15) is 0 Å². The Labute approximate surface area is 118 Å². The summed E-state index contributed by atoms with van der Waals surface area (Å²) in [5.41, 5.74) is 0.437. The smallest absolute Gasteiger partial charge is 0.357 e. The maximum Gasteiger partial charge on any atom is 0.357 e. The Morgan fingerprint density at radius 2 is 2.11 bits per heavy atom. The van der Waals surface area contributed by atoms with Crippen LogP contribution in [0.3, 0.4) is 0 Å². The first-order valence-corrected chi connectivity index (χ1v) is 7.71. The Kier molecular flexibility index (Phi) is 4.80. The molecule has 1 saturated carbocycles. The number of esters is 1. The summed E-state index contributed by atoms with van der Waals surface area (Å²) in [6, 6.07) is 0. The van der Waals surface area contributed by atoms with Gasteiger partial charge in [0, 0.05) is 11.4 Å². The van der Waals surface area contributed by atoms with E-state index in [9.17, 15) is 4.79 Å². The fraction of sp³-hybridized carbons (Fsp3) is 0.714. The van der Waals surface area contributed by atoms with Crippen molar-refractivity contribution in [3.05, 3.63) is 10.6 Å². The molecular weight excluding hydrogens is 260 g/mol. The molecule has 0 bridgehead atoms. The molecule has 1 aliphatic carbocycles. The van der Waals surface area contributed by atoms with Crippen molar-refractivity contribution in [2.45, 2.75) is 39.5 Å². The van der Waals surface area contributed by atoms with E-state index in [4.69, 9.17) is 4.74 Å².